The lowest BCUT2D eigenvalue weighted by Crippen LogP contribution is -2.34. The molecule has 142 valence electrons. The smallest absolute Gasteiger partial charge is 0.227 e. The van der Waals surface area contributed by atoms with Crippen LogP contribution in [0.25, 0.3) is 11.4 Å². The molecule has 1 saturated heterocycles. The number of rotatable bonds is 6. The van der Waals surface area contributed by atoms with Gasteiger partial charge in [-0.15, -0.1) is 12.4 Å². The van der Waals surface area contributed by atoms with E-state index in [-0.39, 0.29) is 36.5 Å². The Morgan fingerprint density at radius 1 is 1.46 bits per heavy atom. The summed E-state index contributed by atoms with van der Waals surface area (Å²) in [4.78, 5) is 16.1. The molecule has 26 heavy (non-hydrogen) atoms. The monoisotopic (exact) mass is 384 g/mol. The number of aliphatic hydroxyl groups excluding tert-OH is 1. The largest absolute Gasteiger partial charge is 0.391 e. The summed E-state index contributed by atoms with van der Waals surface area (Å²) in [5.74, 6) is 0.359. The second-order valence-electron chi connectivity index (χ2n) is 6.27. The van der Waals surface area contributed by atoms with Gasteiger partial charge in [0.25, 0.3) is 0 Å². The van der Waals surface area contributed by atoms with Crippen molar-refractivity contribution in [1.29, 1.82) is 0 Å². The molecule has 0 saturated carbocycles. The number of aryl methyl sites for hydroxylation is 2. The molecule has 3 N–H and O–H groups in total. The molecule has 2 heterocycles. The molecule has 1 aliphatic rings. The number of benzene rings is 1. The molecule has 2 unspecified atom stereocenters. The van der Waals surface area contributed by atoms with Gasteiger partial charge in [-0.3, -0.25) is 4.79 Å². The Bertz CT molecular complexity index is 755. The topological polar surface area (TPSA) is 100 Å². The third-order valence-corrected chi connectivity index (χ3v) is 4.32. The summed E-state index contributed by atoms with van der Waals surface area (Å²) >= 11 is 0. The van der Waals surface area contributed by atoms with Crippen LogP contribution in [0.2, 0.25) is 0 Å². The second-order valence-corrected chi connectivity index (χ2v) is 6.27. The molecule has 3 rings (SSSR count). The zero-order valence-corrected chi connectivity index (χ0v) is 15.2. The van der Waals surface area contributed by atoms with Crippen LogP contribution in [0.1, 0.15) is 17.9 Å². The molecule has 1 aromatic heterocycles. The van der Waals surface area contributed by atoms with Gasteiger partial charge in [0.05, 0.1) is 6.10 Å². The van der Waals surface area contributed by atoms with Crippen LogP contribution < -0.4 is 10.6 Å². The number of amides is 1. The van der Waals surface area contributed by atoms with E-state index in [0.717, 1.165) is 0 Å². The van der Waals surface area contributed by atoms with E-state index in [1.54, 1.807) is 19.1 Å². The Labute approximate surface area is 156 Å². The van der Waals surface area contributed by atoms with Gasteiger partial charge in [0.1, 0.15) is 5.82 Å². The summed E-state index contributed by atoms with van der Waals surface area (Å²) in [6.07, 6.45) is 0.128. The molecule has 1 fully saturated rings. The van der Waals surface area contributed by atoms with Crippen LogP contribution in [-0.4, -0.2) is 46.9 Å². The number of carbonyl (C=O) groups excluding carboxylic acids is 1. The number of halogens is 2. The van der Waals surface area contributed by atoms with E-state index < -0.39 is 6.10 Å². The summed E-state index contributed by atoms with van der Waals surface area (Å²) in [7, 11) is 0. The normalized spacial score (nSPS) is 19.2. The van der Waals surface area contributed by atoms with Gasteiger partial charge in [0.2, 0.25) is 17.6 Å². The Hall–Kier alpha value is -2.03. The first-order valence-corrected chi connectivity index (χ1v) is 8.27. The zero-order valence-electron chi connectivity index (χ0n) is 14.4. The maximum absolute atomic E-state index is 13.3. The van der Waals surface area contributed by atoms with E-state index in [2.05, 4.69) is 20.8 Å². The van der Waals surface area contributed by atoms with Crippen molar-refractivity contribution in [2.45, 2.75) is 25.9 Å². The summed E-state index contributed by atoms with van der Waals surface area (Å²) < 4.78 is 18.5. The number of aliphatic hydroxyl groups is 1. The van der Waals surface area contributed by atoms with Gasteiger partial charge in [0.15, 0.2) is 0 Å². The first-order valence-electron chi connectivity index (χ1n) is 8.27. The zero-order chi connectivity index (χ0) is 17.8. The molecule has 0 spiro atoms. The number of aromatic nitrogens is 2. The summed E-state index contributed by atoms with van der Waals surface area (Å²) in [6.45, 7) is 3.37. The van der Waals surface area contributed by atoms with Crippen molar-refractivity contribution in [2.75, 3.05) is 19.6 Å². The van der Waals surface area contributed by atoms with E-state index in [1.807, 2.05) is 0 Å². The lowest BCUT2D eigenvalue weighted by atomic mass is 10.1. The molecule has 1 aromatic carbocycles. The molecule has 9 heteroatoms. The number of carbonyl (C=O) groups is 1. The molecule has 0 radical (unpaired) electrons. The molecule has 7 nitrogen and oxygen atoms in total. The van der Waals surface area contributed by atoms with E-state index in [4.69, 9.17) is 4.52 Å². The number of nitrogens with one attached hydrogen (secondary N) is 2. The Kier molecular flexibility index (Phi) is 7.07. The molecule has 1 amide bonds. The average molecular weight is 385 g/mol. The van der Waals surface area contributed by atoms with Gasteiger partial charge in [-0.1, -0.05) is 5.16 Å². The minimum Gasteiger partial charge on any atom is -0.391 e. The van der Waals surface area contributed by atoms with Gasteiger partial charge in [-0.2, -0.15) is 4.98 Å². The fourth-order valence-electron chi connectivity index (χ4n) is 2.74. The second kappa shape index (κ2) is 9.07. The molecule has 0 aliphatic carbocycles. The number of hydrogen-bond donors (Lipinski definition) is 3. The highest BCUT2D eigenvalue weighted by Gasteiger charge is 2.25. The number of nitrogens with zero attached hydrogens (tertiary/aromatic N) is 2. The third kappa shape index (κ3) is 5.00. The van der Waals surface area contributed by atoms with Crippen molar-refractivity contribution >= 4 is 18.3 Å². The molecule has 0 bridgehead atoms. The fourth-order valence-corrected chi connectivity index (χ4v) is 2.74. The van der Waals surface area contributed by atoms with Gasteiger partial charge in [-0.25, -0.2) is 4.39 Å². The lowest BCUT2D eigenvalue weighted by molar-refractivity contribution is -0.121. The lowest BCUT2D eigenvalue weighted by Gasteiger charge is -2.13. The molecule has 2 aromatic rings. The predicted molar refractivity (Wildman–Crippen MR) is 95.4 cm³/mol. The van der Waals surface area contributed by atoms with Crippen LogP contribution in [-0.2, 0) is 11.2 Å². The van der Waals surface area contributed by atoms with Gasteiger partial charge in [-0.05, 0) is 30.7 Å². The maximum Gasteiger partial charge on any atom is 0.227 e. The fraction of sp³-hybridized carbons (Fsp3) is 0.471. The predicted octanol–water partition coefficient (Wildman–Crippen LogP) is 1.24. The Morgan fingerprint density at radius 2 is 2.27 bits per heavy atom. The van der Waals surface area contributed by atoms with E-state index in [0.29, 0.717) is 48.9 Å². The summed E-state index contributed by atoms with van der Waals surface area (Å²) in [5, 5.41) is 19.4. The minimum absolute atomic E-state index is 0. The standard InChI is InChI=1S/C17H21FN4O3.ClH/c1-10-6-11(2-3-13(10)18)17-21-16(25-22-17)5-4-15(24)20-8-12-7-19-9-14(12)23;/h2-3,6,12,14,19,23H,4-5,7-9H2,1H3,(H,20,24);1H. The van der Waals surface area contributed by atoms with Gasteiger partial charge in [0, 0.05) is 44.0 Å². The molecule has 1 aliphatic heterocycles. The molecular formula is C17H22ClFN4O3. The van der Waals surface area contributed by atoms with Crippen molar-refractivity contribution in [1.82, 2.24) is 20.8 Å². The third-order valence-electron chi connectivity index (χ3n) is 4.32. The minimum atomic E-state index is -0.419. The Balaban J connectivity index is 0.00000243. The quantitative estimate of drug-likeness (QED) is 0.692. The van der Waals surface area contributed by atoms with Crippen molar-refractivity contribution in [3.63, 3.8) is 0 Å². The van der Waals surface area contributed by atoms with Crippen molar-refractivity contribution < 1.29 is 18.8 Å². The SMILES string of the molecule is Cc1cc(-c2noc(CCC(=O)NCC3CNCC3O)n2)ccc1F.Cl. The van der Waals surface area contributed by atoms with E-state index >= 15 is 0 Å². The summed E-state index contributed by atoms with van der Waals surface area (Å²) in [6, 6.07) is 4.60. The van der Waals surface area contributed by atoms with Crippen molar-refractivity contribution in [2.24, 2.45) is 5.92 Å². The first-order chi connectivity index (χ1) is 12.0. The highest BCUT2D eigenvalue weighted by atomic mass is 35.5. The van der Waals surface area contributed by atoms with E-state index in [1.165, 1.54) is 6.07 Å². The van der Waals surface area contributed by atoms with Crippen LogP contribution in [0.3, 0.4) is 0 Å². The highest BCUT2D eigenvalue weighted by Crippen LogP contribution is 2.19. The summed E-state index contributed by atoms with van der Waals surface area (Å²) in [5.41, 5.74) is 1.17. The number of β-amino-alcohol motifs (C(OH)–C–C–N with tert-alkyl or cyclic N) is 1. The van der Waals surface area contributed by atoms with Crippen molar-refractivity contribution in [3.8, 4) is 11.4 Å². The average Bonchev–Trinajstić information content (AvgIpc) is 3.22. The highest BCUT2D eigenvalue weighted by molar-refractivity contribution is 5.85. The Morgan fingerprint density at radius 3 is 2.96 bits per heavy atom. The van der Waals surface area contributed by atoms with Crippen LogP contribution in [0.5, 0.6) is 0 Å². The van der Waals surface area contributed by atoms with Crippen LogP contribution in [0, 0.1) is 18.7 Å². The maximum atomic E-state index is 13.3. The number of hydrogen-bond acceptors (Lipinski definition) is 6. The van der Waals surface area contributed by atoms with Crippen LogP contribution in [0.15, 0.2) is 22.7 Å². The molecule has 2 atom stereocenters. The van der Waals surface area contributed by atoms with Crippen LogP contribution >= 0.6 is 12.4 Å². The van der Waals surface area contributed by atoms with Gasteiger partial charge >= 0.3 is 0 Å². The molecular weight excluding hydrogens is 363 g/mol. The van der Waals surface area contributed by atoms with Crippen LogP contribution in [0.4, 0.5) is 4.39 Å². The van der Waals surface area contributed by atoms with E-state index in [9.17, 15) is 14.3 Å². The van der Waals surface area contributed by atoms with Crippen molar-refractivity contribution in [3.05, 3.63) is 35.5 Å². The first kappa shape index (κ1) is 20.3. The van der Waals surface area contributed by atoms with Gasteiger partial charge < -0.3 is 20.3 Å².